The topological polar surface area (TPSA) is 131 Å². The number of para-hydroxylation sites is 1. The summed E-state index contributed by atoms with van der Waals surface area (Å²) in [6.45, 7) is 0. The maximum absolute atomic E-state index is 15.6. The molecule has 0 fully saturated rings. The Kier molecular flexibility index (Phi) is 7.12. The van der Waals surface area contributed by atoms with Gasteiger partial charge in [0.1, 0.15) is 34.1 Å². The lowest BCUT2D eigenvalue weighted by molar-refractivity contribution is 0.0964. The fourth-order valence-electron chi connectivity index (χ4n) is 4.57. The number of halogens is 3. The summed E-state index contributed by atoms with van der Waals surface area (Å²) in [6.07, 6.45) is 2.84. The molecular weight excluding hydrogens is 600 g/mol. The van der Waals surface area contributed by atoms with Crippen LogP contribution in [0.15, 0.2) is 90.2 Å². The van der Waals surface area contributed by atoms with Crippen molar-refractivity contribution in [3.8, 4) is 5.82 Å². The summed E-state index contributed by atoms with van der Waals surface area (Å²) >= 11 is 6.02. The number of benzene rings is 3. The molecular formula is C29H20ClF2N7O3S. The number of fused-ring (bicyclic) bond motifs is 2. The Labute approximate surface area is 248 Å². The smallest absolute Gasteiger partial charge is 0.263 e. The summed E-state index contributed by atoms with van der Waals surface area (Å²) in [4.78, 5) is 25.2. The fraction of sp³-hybridized carbons (Fsp3) is 0.0345. The molecule has 3 heterocycles. The van der Waals surface area contributed by atoms with Crippen molar-refractivity contribution >= 4 is 66.7 Å². The number of rotatable bonds is 7. The molecule has 0 aliphatic carbocycles. The van der Waals surface area contributed by atoms with Crippen LogP contribution in [0.4, 0.5) is 26.0 Å². The van der Waals surface area contributed by atoms with Gasteiger partial charge in [-0.1, -0.05) is 41.9 Å². The molecule has 3 aromatic carbocycles. The largest absolute Gasteiger partial charge is 0.355 e. The highest BCUT2D eigenvalue weighted by Crippen LogP contribution is 2.33. The Balaban J connectivity index is 1.41. The van der Waals surface area contributed by atoms with Crippen molar-refractivity contribution < 1.29 is 22.0 Å². The van der Waals surface area contributed by atoms with Crippen LogP contribution in [0.1, 0.15) is 10.4 Å². The Morgan fingerprint density at radius 1 is 0.953 bits per heavy atom. The summed E-state index contributed by atoms with van der Waals surface area (Å²) in [5.41, 5.74) is 0.481. The van der Waals surface area contributed by atoms with Crippen molar-refractivity contribution in [2.24, 2.45) is 0 Å². The first kappa shape index (κ1) is 28.0. The zero-order valence-electron chi connectivity index (χ0n) is 22.1. The first-order valence-electron chi connectivity index (χ1n) is 12.6. The fourth-order valence-corrected chi connectivity index (χ4v) is 6.15. The van der Waals surface area contributed by atoms with Gasteiger partial charge in [0, 0.05) is 18.6 Å². The van der Waals surface area contributed by atoms with Gasteiger partial charge in [0.15, 0.2) is 11.6 Å². The van der Waals surface area contributed by atoms with Gasteiger partial charge in [-0.2, -0.15) is 0 Å². The van der Waals surface area contributed by atoms with E-state index < -0.39 is 33.0 Å². The summed E-state index contributed by atoms with van der Waals surface area (Å²) in [5, 5.41) is 5.87. The normalized spacial score (nSPS) is 11.5. The van der Waals surface area contributed by atoms with E-state index in [9.17, 15) is 17.6 Å². The zero-order valence-corrected chi connectivity index (χ0v) is 23.7. The molecule has 0 unspecified atom stereocenters. The average molecular weight is 620 g/mol. The van der Waals surface area contributed by atoms with Crippen molar-refractivity contribution in [3.05, 3.63) is 108 Å². The van der Waals surface area contributed by atoms with Gasteiger partial charge in [-0.15, -0.1) is 0 Å². The Bertz CT molecular complexity index is 2170. The highest BCUT2D eigenvalue weighted by Gasteiger charge is 2.23. The first-order chi connectivity index (χ1) is 20.7. The van der Waals surface area contributed by atoms with Gasteiger partial charge < -0.3 is 15.2 Å². The molecule has 0 bridgehead atoms. The van der Waals surface area contributed by atoms with E-state index >= 15 is 4.39 Å². The number of carbonyl (C=O) groups is 1. The van der Waals surface area contributed by atoms with Crippen LogP contribution in [0.5, 0.6) is 0 Å². The van der Waals surface area contributed by atoms with E-state index in [1.165, 1.54) is 31.6 Å². The monoisotopic (exact) mass is 619 g/mol. The molecule has 0 spiro atoms. The van der Waals surface area contributed by atoms with E-state index in [-0.39, 0.29) is 27.2 Å². The van der Waals surface area contributed by atoms with E-state index in [0.717, 1.165) is 12.1 Å². The lowest BCUT2D eigenvalue weighted by Gasteiger charge is -2.15. The van der Waals surface area contributed by atoms with E-state index in [4.69, 9.17) is 11.6 Å². The van der Waals surface area contributed by atoms with Crippen molar-refractivity contribution in [3.63, 3.8) is 0 Å². The molecule has 0 saturated carbocycles. The van der Waals surface area contributed by atoms with E-state index in [1.54, 1.807) is 29.0 Å². The van der Waals surface area contributed by atoms with Gasteiger partial charge in [0.2, 0.25) is 0 Å². The van der Waals surface area contributed by atoms with Crippen LogP contribution in [-0.4, -0.2) is 40.9 Å². The number of carbonyl (C=O) groups excluding carboxylic acids is 1. The summed E-state index contributed by atoms with van der Waals surface area (Å²) in [5.74, 6) is -2.16. The van der Waals surface area contributed by atoms with Gasteiger partial charge in [-0.05, 0) is 42.5 Å². The van der Waals surface area contributed by atoms with Gasteiger partial charge in [-0.3, -0.25) is 9.52 Å². The van der Waals surface area contributed by atoms with Crippen LogP contribution in [0.3, 0.4) is 0 Å². The molecule has 6 aromatic rings. The van der Waals surface area contributed by atoms with Crippen molar-refractivity contribution in [2.45, 2.75) is 4.90 Å². The minimum absolute atomic E-state index is 0.0428. The number of nitrogens with one attached hydrogen (secondary N) is 3. The molecule has 6 rings (SSSR count). The van der Waals surface area contributed by atoms with Crippen LogP contribution in [-0.2, 0) is 10.0 Å². The van der Waals surface area contributed by atoms with E-state index in [2.05, 4.69) is 30.3 Å². The van der Waals surface area contributed by atoms with Crippen LogP contribution in [0, 0.1) is 11.6 Å². The van der Waals surface area contributed by atoms with Gasteiger partial charge in [-0.25, -0.2) is 32.2 Å². The molecule has 10 nitrogen and oxygen atoms in total. The molecule has 0 aliphatic heterocycles. The predicted molar refractivity (Wildman–Crippen MR) is 159 cm³/mol. The average Bonchev–Trinajstić information content (AvgIpc) is 3.40. The third-order valence-corrected chi connectivity index (χ3v) is 8.47. The molecule has 1 amide bonds. The highest BCUT2D eigenvalue weighted by atomic mass is 35.5. The summed E-state index contributed by atoms with van der Waals surface area (Å²) < 4.78 is 60.2. The van der Waals surface area contributed by atoms with Crippen LogP contribution in [0.25, 0.3) is 27.8 Å². The zero-order chi connectivity index (χ0) is 30.3. The molecule has 14 heteroatoms. The number of aromatic nitrogens is 4. The molecule has 216 valence electrons. The highest BCUT2D eigenvalue weighted by molar-refractivity contribution is 7.92. The van der Waals surface area contributed by atoms with Gasteiger partial charge in [0.05, 0.1) is 27.3 Å². The van der Waals surface area contributed by atoms with Crippen LogP contribution in [0.2, 0.25) is 5.02 Å². The number of hydrogen-bond acceptors (Lipinski definition) is 7. The Morgan fingerprint density at radius 3 is 2.51 bits per heavy atom. The Morgan fingerprint density at radius 2 is 1.72 bits per heavy atom. The number of sulfonamides is 1. The molecule has 0 radical (unpaired) electrons. The number of amides is 1. The number of hydrogen-bond donors (Lipinski definition) is 3. The molecule has 3 N–H and O–H groups in total. The third kappa shape index (κ3) is 5.08. The minimum atomic E-state index is -4.31. The second-order valence-corrected chi connectivity index (χ2v) is 11.3. The number of nitrogens with zero attached hydrogens (tertiary/aromatic N) is 4. The molecule has 0 aliphatic rings. The third-order valence-electron chi connectivity index (χ3n) is 6.60. The molecule has 0 saturated heterocycles. The van der Waals surface area contributed by atoms with Crippen molar-refractivity contribution in [1.82, 2.24) is 24.8 Å². The standard InChI is InChI=1S/C29H20ClF2N7O3S/c1-33-29(40)17-14-39(22-8-4-2-6-16(17)22)24-13-12-21-27(36-24)28(35-15-34-21)37-26-19(31)10-11-20(25(26)32)38-43(41,42)23-9-5-3-7-18(23)30/h2-15,38H,1H3,(H,33,40)(H,34,35,37). The number of pyridine rings is 1. The van der Waals surface area contributed by atoms with Gasteiger partial charge >= 0.3 is 0 Å². The van der Waals surface area contributed by atoms with Crippen molar-refractivity contribution in [1.29, 1.82) is 0 Å². The first-order valence-corrected chi connectivity index (χ1v) is 14.5. The molecule has 43 heavy (non-hydrogen) atoms. The molecule has 0 atom stereocenters. The number of anilines is 3. The minimum Gasteiger partial charge on any atom is -0.355 e. The second-order valence-electron chi connectivity index (χ2n) is 9.21. The van der Waals surface area contributed by atoms with Crippen molar-refractivity contribution in [2.75, 3.05) is 17.1 Å². The predicted octanol–water partition coefficient (Wildman–Crippen LogP) is 5.80. The van der Waals surface area contributed by atoms with Crippen LogP contribution < -0.4 is 15.4 Å². The maximum atomic E-state index is 15.6. The lowest BCUT2D eigenvalue weighted by Crippen LogP contribution is -2.17. The quantitative estimate of drug-likeness (QED) is 0.206. The van der Waals surface area contributed by atoms with E-state index in [0.29, 0.717) is 27.8 Å². The second kappa shape index (κ2) is 10.9. The summed E-state index contributed by atoms with van der Waals surface area (Å²) in [6, 6.07) is 18.1. The van der Waals surface area contributed by atoms with Gasteiger partial charge in [0.25, 0.3) is 15.9 Å². The molecule has 3 aromatic heterocycles. The SMILES string of the molecule is CNC(=O)c1cn(-c2ccc3ncnc(Nc4c(F)ccc(NS(=O)(=O)c5ccccc5Cl)c4F)c3n2)c2ccccc12. The Hall–Kier alpha value is -5.14. The summed E-state index contributed by atoms with van der Waals surface area (Å²) in [7, 11) is -2.77. The van der Waals surface area contributed by atoms with E-state index in [1.807, 2.05) is 24.3 Å². The maximum Gasteiger partial charge on any atom is 0.263 e. The van der Waals surface area contributed by atoms with Crippen LogP contribution >= 0.6 is 11.6 Å². The lowest BCUT2D eigenvalue weighted by atomic mass is 10.2.